The Labute approximate surface area is 122 Å². The quantitative estimate of drug-likeness (QED) is 0.916. The van der Waals surface area contributed by atoms with Crippen LogP contribution in [0.25, 0.3) is 0 Å². The minimum absolute atomic E-state index is 0.215. The van der Waals surface area contributed by atoms with Crippen LogP contribution >= 0.6 is 11.3 Å². The van der Waals surface area contributed by atoms with Crippen molar-refractivity contribution >= 4 is 22.9 Å². The number of likely N-dealkylation sites (N-methyl/N-ethyl adjacent to an activating group) is 1. The third-order valence-corrected chi connectivity index (χ3v) is 3.92. The van der Waals surface area contributed by atoms with Crippen LogP contribution in [0, 0.1) is 5.82 Å². The summed E-state index contributed by atoms with van der Waals surface area (Å²) in [6.45, 7) is 2.50. The smallest absolute Gasteiger partial charge is 0.241 e. The number of nitrogens with zero attached hydrogens (tertiary/aromatic N) is 1. The number of carbonyl (C=O) groups is 1. The van der Waals surface area contributed by atoms with Crippen molar-refractivity contribution in [2.75, 3.05) is 12.4 Å². The van der Waals surface area contributed by atoms with Crippen molar-refractivity contribution in [3.05, 3.63) is 52.5 Å². The molecule has 1 amide bonds. The highest BCUT2D eigenvalue weighted by atomic mass is 32.1. The molecule has 1 N–H and O–H groups in total. The first kappa shape index (κ1) is 14.7. The first-order chi connectivity index (χ1) is 9.58. The molecule has 5 heteroatoms. The SMILES string of the molecule is C[C@@H](C(=O)Nc1ccccc1F)N(C)Cc1ccsc1. The fourth-order valence-electron chi connectivity index (χ4n) is 1.81. The summed E-state index contributed by atoms with van der Waals surface area (Å²) in [5.74, 6) is -0.638. The summed E-state index contributed by atoms with van der Waals surface area (Å²) in [6, 6.07) is 7.86. The van der Waals surface area contributed by atoms with E-state index in [-0.39, 0.29) is 17.6 Å². The number of thiophene rings is 1. The maximum atomic E-state index is 13.5. The highest BCUT2D eigenvalue weighted by Crippen LogP contribution is 2.15. The number of hydrogen-bond acceptors (Lipinski definition) is 3. The predicted octanol–water partition coefficient (Wildman–Crippen LogP) is 3.35. The Hall–Kier alpha value is -1.72. The number of halogens is 1. The fraction of sp³-hybridized carbons (Fsp3) is 0.267. The number of nitrogens with one attached hydrogen (secondary N) is 1. The molecule has 0 fully saturated rings. The van der Waals surface area contributed by atoms with Gasteiger partial charge in [-0.2, -0.15) is 11.3 Å². The Morgan fingerprint density at radius 2 is 2.15 bits per heavy atom. The molecule has 2 rings (SSSR count). The molecule has 0 radical (unpaired) electrons. The number of anilines is 1. The molecule has 1 atom stereocenters. The zero-order valence-corrected chi connectivity index (χ0v) is 12.3. The minimum Gasteiger partial charge on any atom is -0.322 e. The maximum Gasteiger partial charge on any atom is 0.241 e. The van der Waals surface area contributed by atoms with Crippen LogP contribution < -0.4 is 5.32 Å². The van der Waals surface area contributed by atoms with E-state index in [1.807, 2.05) is 30.3 Å². The van der Waals surface area contributed by atoms with Gasteiger partial charge in [0.25, 0.3) is 0 Å². The molecule has 0 saturated carbocycles. The van der Waals surface area contributed by atoms with Crippen LogP contribution in [0.5, 0.6) is 0 Å². The molecule has 0 unspecified atom stereocenters. The third-order valence-electron chi connectivity index (χ3n) is 3.18. The van der Waals surface area contributed by atoms with Crippen molar-refractivity contribution in [3.63, 3.8) is 0 Å². The lowest BCUT2D eigenvalue weighted by atomic mass is 10.2. The van der Waals surface area contributed by atoms with Gasteiger partial charge in [0.1, 0.15) is 5.82 Å². The van der Waals surface area contributed by atoms with Crippen LogP contribution in [-0.2, 0) is 11.3 Å². The van der Waals surface area contributed by atoms with E-state index in [0.29, 0.717) is 6.54 Å². The van der Waals surface area contributed by atoms with Crippen molar-refractivity contribution in [1.82, 2.24) is 4.90 Å². The second-order valence-electron chi connectivity index (χ2n) is 4.69. The van der Waals surface area contributed by atoms with Gasteiger partial charge in [-0.3, -0.25) is 9.69 Å². The standard InChI is InChI=1S/C15H17FN2OS/c1-11(18(2)9-12-7-8-20-10-12)15(19)17-14-6-4-3-5-13(14)16/h3-8,10-11H,9H2,1-2H3,(H,17,19)/t11-/m0/s1. The van der Waals surface area contributed by atoms with Gasteiger partial charge < -0.3 is 5.32 Å². The highest BCUT2D eigenvalue weighted by Gasteiger charge is 2.19. The lowest BCUT2D eigenvalue weighted by Crippen LogP contribution is -2.39. The van der Waals surface area contributed by atoms with E-state index in [0.717, 1.165) is 0 Å². The Kier molecular flexibility index (Phi) is 4.87. The third kappa shape index (κ3) is 3.65. The minimum atomic E-state index is -0.423. The van der Waals surface area contributed by atoms with E-state index in [9.17, 15) is 9.18 Å². The van der Waals surface area contributed by atoms with E-state index in [1.54, 1.807) is 29.5 Å². The van der Waals surface area contributed by atoms with E-state index < -0.39 is 5.82 Å². The second-order valence-corrected chi connectivity index (χ2v) is 5.47. The van der Waals surface area contributed by atoms with Gasteiger partial charge in [-0.25, -0.2) is 4.39 Å². The second kappa shape index (κ2) is 6.63. The Morgan fingerprint density at radius 1 is 1.40 bits per heavy atom. The predicted molar refractivity (Wildman–Crippen MR) is 80.3 cm³/mol. The van der Waals surface area contributed by atoms with Crippen LogP contribution in [-0.4, -0.2) is 23.9 Å². The molecule has 0 aliphatic heterocycles. The number of benzene rings is 1. The zero-order chi connectivity index (χ0) is 14.5. The molecule has 106 valence electrons. The van der Waals surface area contributed by atoms with Crippen LogP contribution in [0.3, 0.4) is 0 Å². The van der Waals surface area contributed by atoms with Crippen LogP contribution in [0.1, 0.15) is 12.5 Å². The Bertz CT molecular complexity index is 571. The van der Waals surface area contributed by atoms with Crippen molar-refractivity contribution in [1.29, 1.82) is 0 Å². The van der Waals surface area contributed by atoms with Crippen molar-refractivity contribution in [2.45, 2.75) is 19.5 Å². The summed E-state index contributed by atoms with van der Waals surface area (Å²) < 4.78 is 13.5. The first-order valence-electron chi connectivity index (χ1n) is 6.34. The normalized spacial score (nSPS) is 12.4. The Balaban J connectivity index is 1.96. The molecule has 0 bridgehead atoms. The summed E-state index contributed by atoms with van der Waals surface area (Å²) in [6.07, 6.45) is 0. The number of para-hydroxylation sites is 1. The van der Waals surface area contributed by atoms with Gasteiger partial charge >= 0.3 is 0 Å². The molecule has 0 aliphatic rings. The molecule has 0 aliphatic carbocycles. The molecule has 0 spiro atoms. The Morgan fingerprint density at radius 3 is 2.80 bits per heavy atom. The summed E-state index contributed by atoms with van der Waals surface area (Å²) in [5, 5.41) is 6.68. The average molecular weight is 292 g/mol. The molecule has 1 heterocycles. The van der Waals surface area contributed by atoms with Gasteiger partial charge in [-0.1, -0.05) is 12.1 Å². The van der Waals surface area contributed by atoms with Gasteiger partial charge in [0.2, 0.25) is 5.91 Å². The van der Waals surface area contributed by atoms with Crippen molar-refractivity contribution < 1.29 is 9.18 Å². The van der Waals surface area contributed by atoms with E-state index in [4.69, 9.17) is 0 Å². The molecule has 2 aromatic rings. The number of hydrogen-bond donors (Lipinski definition) is 1. The van der Waals surface area contributed by atoms with Crippen molar-refractivity contribution in [2.24, 2.45) is 0 Å². The molecule has 1 aromatic heterocycles. The lowest BCUT2D eigenvalue weighted by molar-refractivity contribution is -0.120. The lowest BCUT2D eigenvalue weighted by Gasteiger charge is -2.23. The topological polar surface area (TPSA) is 32.3 Å². The van der Waals surface area contributed by atoms with E-state index in [2.05, 4.69) is 10.7 Å². The number of carbonyl (C=O) groups excluding carboxylic acids is 1. The average Bonchev–Trinajstić information content (AvgIpc) is 2.93. The van der Waals surface area contributed by atoms with Crippen LogP contribution in [0.4, 0.5) is 10.1 Å². The number of amides is 1. The van der Waals surface area contributed by atoms with Gasteiger partial charge in [-0.15, -0.1) is 0 Å². The number of rotatable bonds is 5. The maximum absolute atomic E-state index is 13.5. The van der Waals surface area contributed by atoms with Gasteiger partial charge in [0, 0.05) is 6.54 Å². The molecule has 20 heavy (non-hydrogen) atoms. The van der Waals surface area contributed by atoms with E-state index >= 15 is 0 Å². The van der Waals surface area contributed by atoms with Gasteiger partial charge in [-0.05, 0) is 48.5 Å². The summed E-state index contributed by atoms with van der Waals surface area (Å²) in [5.41, 5.74) is 1.39. The first-order valence-corrected chi connectivity index (χ1v) is 7.29. The summed E-state index contributed by atoms with van der Waals surface area (Å²) in [4.78, 5) is 14.0. The molecule has 0 saturated heterocycles. The van der Waals surface area contributed by atoms with E-state index in [1.165, 1.54) is 11.6 Å². The van der Waals surface area contributed by atoms with Crippen molar-refractivity contribution in [3.8, 4) is 0 Å². The molecule has 1 aromatic carbocycles. The van der Waals surface area contributed by atoms with Crippen LogP contribution in [0.2, 0.25) is 0 Å². The molecule has 3 nitrogen and oxygen atoms in total. The zero-order valence-electron chi connectivity index (χ0n) is 11.5. The van der Waals surface area contributed by atoms with Crippen LogP contribution in [0.15, 0.2) is 41.1 Å². The molecular formula is C15H17FN2OS. The van der Waals surface area contributed by atoms with Gasteiger partial charge in [0.05, 0.1) is 11.7 Å². The summed E-state index contributed by atoms with van der Waals surface area (Å²) in [7, 11) is 1.88. The monoisotopic (exact) mass is 292 g/mol. The summed E-state index contributed by atoms with van der Waals surface area (Å²) >= 11 is 1.63. The molecular weight excluding hydrogens is 275 g/mol. The fourth-order valence-corrected chi connectivity index (χ4v) is 2.47. The largest absolute Gasteiger partial charge is 0.322 e. The highest BCUT2D eigenvalue weighted by molar-refractivity contribution is 7.07. The van der Waals surface area contributed by atoms with Gasteiger partial charge in [0.15, 0.2) is 0 Å².